The third-order valence-corrected chi connectivity index (χ3v) is 7.07. The van der Waals surface area contributed by atoms with Crippen molar-refractivity contribution >= 4 is 67.8 Å². The zero-order chi connectivity index (χ0) is 21.8. The fourth-order valence-electron chi connectivity index (χ4n) is 2.51. The van der Waals surface area contributed by atoms with Crippen molar-refractivity contribution in [1.82, 2.24) is 4.98 Å². The maximum absolute atomic E-state index is 12.8. The molecule has 1 aromatic heterocycles. The fourth-order valence-corrected chi connectivity index (χ4v) is 5.02. The van der Waals surface area contributed by atoms with Gasteiger partial charge in [-0.3, -0.25) is 9.00 Å². The van der Waals surface area contributed by atoms with Crippen LogP contribution in [0.5, 0.6) is 0 Å². The molecule has 1 heterocycles. The number of carbonyl (C=O) groups is 1. The second-order valence-corrected chi connectivity index (χ2v) is 9.47. The van der Waals surface area contributed by atoms with Crippen LogP contribution >= 0.6 is 34.5 Å². The summed E-state index contributed by atoms with van der Waals surface area (Å²) in [5.74, 6) is -0.413. The molecule has 2 unspecified atom stereocenters. The van der Waals surface area contributed by atoms with Crippen LogP contribution in [0, 0.1) is 0 Å². The van der Waals surface area contributed by atoms with E-state index in [4.69, 9.17) is 34.0 Å². The van der Waals surface area contributed by atoms with Gasteiger partial charge in [0.05, 0.1) is 44.9 Å². The molecule has 0 saturated heterocycles. The Morgan fingerprint density at radius 3 is 2.43 bits per heavy atom. The first-order chi connectivity index (χ1) is 14.3. The zero-order valence-corrected chi connectivity index (χ0v) is 18.5. The summed E-state index contributed by atoms with van der Waals surface area (Å²) < 4.78 is 12.1. The van der Waals surface area contributed by atoms with E-state index in [2.05, 4.69) is 10.3 Å². The van der Waals surface area contributed by atoms with E-state index in [1.54, 1.807) is 42.5 Å². The summed E-state index contributed by atoms with van der Waals surface area (Å²) in [7, 11) is -1.44. The first-order valence-corrected chi connectivity index (χ1v) is 11.5. The largest absolute Gasteiger partial charge is 0.394 e. The number of hydrogen-bond acceptors (Lipinski definition) is 8. The number of ketones is 1. The van der Waals surface area contributed by atoms with E-state index < -0.39 is 29.3 Å². The highest BCUT2D eigenvalue weighted by Gasteiger charge is 2.22. The molecule has 0 amide bonds. The first-order valence-electron chi connectivity index (χ1n) is 8.59. The molecule has 11 heteroatoms. The molecule has 3 aromatic rings. The number of aromatic nitrogens is 1. The van der Waals surface area contributed by atoms with Gasteiger partial charge in [-0.15, -0.1) is 0 Å². The molecule has 2 atom stereocenters. The molecule has 0 aliphatic heterocycles. The van der Waals surface area contributed by atoms with Gasteiger partial charge in [0.2, 0.25) is 5.78 Å². The van der Waals surface area contributed by atoms with E-state index in [0.29, 0.717) is 15.7 Å². The minimum atomic E-state index is -1.44. The van der Waals surface area contributed by atoms with Crippen molar-refractivity contribution in [3.05, 3.63) is 63.0 Å². The number of halogens is 2. The summed E-state index contributed by atoms with van der Waals surface area (Å²) in [5.41, 5.74) is 6.73. The molecular weight excluding hydrogens is 469 g/mol. The number of nitrogen functional groups attached to an aromatic ring is 1. The van der Waals surface area contributed by atoms with E-state index in [1.807, 2.05) is 0 Å². The van der Waals surface area contributed by atoms with Crippen LogP contribution < -0.4 is 11.1 Å². The number of hydrogen-bond donors (Lipinski definition) is 4. The van der Waals surface area contributed by atoms with Gasteiger partial charge >= 0.3 is 0 Å². The summed E-state index contributed by atoms with van der Waals surface area (Å²) in [6.07, 6.45) is -1.04. The molecule has 2 aromatic carbocycles. The Labute approximate surface area is 188 Å². The van der Waals surface area contributed by atoms with Gasteiger partial charge in [0.25, 0.3) is 0 Å². The van der Waals surface area contributed by atoms with E-state index in [9.17, 15) is 14.1 Å². The molecule has 0 fully saturated rings. The third kappa shape index (κ3) is 5.18. The van der Waals surface area contributed by atoms with Crippen LogP contribution in [0.1, 0.15) is 15.2 Å². The van der Waals surface area contributed by atoms with Gasteiger partial charge in [-0.25, -0.2) is 4.98 Å². The Bertz CT molecular complexity index is 1070. The molecule has 3 rings (SSSR count). The van der Waals surface area contributed by atoms with Crippen LogP contribution in [0.3, 0.4) is 0 Å². The number of anilines is 3. The molecule has 5 N–H and O–H groups in total. The minimum absolute atomic E-state index is 0.0532. The van der Waals surface area contributed by atoms with Crippen LogP contribution in [0.4, 0.5) is 16.6 Å². The molecule has 7 nitrogen and oxygen atoms in total. The average Bonchev–Trinajstić information content (AvgIpc) is 3.08. The van der Waals surface area contributed by atoms with Crippen LogP contribution in [-0.2, 0) is 10.8 Å². The van der Waals surface area contributed by atoms with Crippen molar-refractivity contribution in [2.45, 2.75) is 11.0 Å². The Balaban J connectivity index is 1.76. The highest BCUT2D eigenvalue weighted by Crippen LogP contribution is 2.34. The Morgan fingerprint density at radius 1 is 1.20 bits per heavy atom. The summed E-state index contributed by atoms with van der Waals surface area (Å²) >= 11 is 13.3. The Morgan fingerprint density at radius 2 is 1.83 bits per heavy atom. The zero-order valence-electron chi connectivity index (χ0n) is 15.3. The smallest absolute Gasteiger partial charge is 0.209 e. The number of aliphatic hydroxyl groups is 2. The van der Waals surface area contributed by atoms with Crippen molar-refractivity contribution in [1.29, 1.82) is 0 Å². The van der Waals surface area contributed by atoms with Crippen molar-refractivity contribution in [3.63, 3.8) is 0 Å². The molecule has 0 saturated carbocycles. The topological polar surface area (TPSA) is 126 Å². The summed E-state index contributed by atoms with van der Waals surface area (Å²) in [6.45, 7) is -0.447. The maximum Gasteiger partial charge on any atom is 0.209 e. The summed E-state index contributed by atoms with van der Waals surface area (Å²) in [6, 6.07) is 11.4. The average molecular weight is 486 g/mol. The fraction of sp³-hybridized carbons (Fsp3) is 0.158. The predicted molar refractivity (Wildman–Crippen MR) is 121 cm³/mol. The second kappa shape index (κ2) is 9.86. The predicted octanol–water partition coefficient (Wildman–Crippen LogP) is 3.47. The minimum Gasteiger partial charge on any atom is -0.394 e. The molecule has 0 radical (unpaired) electrons. The monoisotopic (exact) mass is 485 g/mol. The van der Waals surface area contributed by atoms with Gasteiger partial charge in [0, 0.05) is 10.6 Å². The van der Waals surface area contributed by atoms with Crippen molar-refractivity contribution in [2.24, 2.45) is 0 Å². The molecule has 0 spiro atoms. The van der Waals surface area contributed by atoms with Crippen molar-refractivity contribution in [3.8, 4) is 0 Å². The number of aliphatic hydroxyl groups excluding tert-OH is 2. The number of benzene rings is 2. The molecule has 0 bridgehead atoms. The van der Waals surface area contributed by atoms with Gasteiger partial charge in [0.1, 0.15) is 10.7 Å². The number of nitrogens with zero attached hydrogens (tertiary/aromatic N) is 1. The van der Waals surface area contributed by atoms with Crippen LogP contribution in [0.15, 0.2) is 47.4 Å². The van der Waals surface area contributed by atoms with E-state index in [1.165, 1.54) is 0 Å². The normalized spacial score (nSPS) is 13.1. The number of nitrogens with one attached hydrogen (secondary N) is 1. The maximum atomic E-state index is 12.8. The van der Waals surface area contributed by atoms with Gasteiger partial charge in [-0.1, -0.05) is 40.6 Å². The van der Waals surface area contributed by atoms with Gasteiger partial charge in [0.15, 0.2) is 5.13 Å². The lowest BCUT2D eigenvalue weighted by molar-refractivity contribution is 0.104. The highest BCUT2D eigenvalue weighted by molar-refractivity contribution is 7.85. The van der Waals surface area contributed by atoms with Crippen LogP contribution in [0.2, 0.25) is 10.0 Å². The van der Waals surface area contributed by atoms with Gasteiger partial charge < -0.3 is 21.3 Å². The standard InChI is InChI=1S/C19H17Cl2N3O4S2/c20-13-2-1-3-14(21)15(13)16(27)17-18(22)24-19(29-17)23-10-4-6-12(7-5-10)30(28)9-11(26)8-25/h1-7,11,25-26H,8-9,22H2,(H,23,24). The van der Waals surface area contributed by atoms with Gasteiger partial charge in [-0.05, 0) is 36.4 Å². The first kappa shape index (κ1) is 22.7. The number of thiazole rings is 1. The lowest BCUT2D eigenvalue weighted by Crippen LogP contribution is -2.20. The van der Waals surface area contributed by atoms with E-state index in [0.717, 1.165) is 11.3 Å². The number of rotatable bonds is 8. The number of carbonyl (C=O) groups excluding carboxylic acids is 1. The van der Waals surface area contributed by atoms with Gasteiger partial charge in [-0.2, -0.15) is 0 Å². The Kier molecular flexibility index (Phi) is 7.45. The van der Waals surface area contributed by atoms with E-state index in [-0.39, 0.29) is 32.1 Å². The van der Waals surface area contributed by atoms with Crippen LogP contribution in [-0.4, -0.2) is 43.7 Å². The third-order valence-electron chi connectivity index (χ3n) is 3.97. The quantitative estimate of drug-likeness (QED) is 0.359. The second-order valence-electron chi connectivity index (χ2n) is 6.16. The SMILES string of the molecule is Nc1nc(Nc2ccc(S(=O)CC(O)CO)cc2)sc1C(=O)c1c(Cl)cccc1Cl. The molecule has 30 heavy (non-hydrogen) atoms. The van der Waals surface area contributed by atoms with Crippen molar-refractivity contribution in [2.75, 3.05) is 23.4 Å². The van der Waals surface area contributed by atoms with Crippen molar-refractivity contribution < 1.29 is 19.2 Å². The highest BCUT2D eigenvalue weighted by atomic mass is 35.5. The van der Waals surface area contributed by atoms with Crippen LogP contribution in [0.25, 0.3) is 0 Å². The molecular formula is C19H17Cl2N3O4S2. The van der Waals surface area contributed by atoms with E-state index >= 15 is 0 Å². The summed E-state index contributed by atoms with van der Waals surface area (Å²) in [5, 5.41) is 22.2. The lowest BCUT2D eigenvalue weighted by atomic mass is 10.1. The number of nitrogens with two attached hydrogens (primary N) is 1. The lowest BCUT2D eigenvalue weighted by Gasteiger charge is -2.08. The molecule has 0 aliphatic carbocycles. The molecule has 158 valence electrons. The molecule has 0 aliphatic rings. The summed E-state index contributed by atoms with van der Waals surface area (Å²) in [4.78, 5) is 17.7. The Hall–Kier alpha value is -2.01.